The molecule has 3 aliphatic heterocycles. The molecule has 1 atom stereocenters. The van der Waals surface area contributed by atoms with Crippen LogP contribution in [0.5, 0.6) is 23.0 Å². The first-order valence-electron chi connectivity index (χ1n) is 11.1. The van der Waals surface area contributed by atoms with Crippen molar-refractivity contribution in [2.24, 2.45) is 4.99 Å². The molecule has 3 aromatic rings. The molecule has 0 radical (unpaired) electrons. The molecule has 36 heavy (non-hydrogen) atoms. The Morgan fingerprint density at radius 2 is 1.83 bits per heavy atom. The standard InChI is InChI=1S/C25H19BrN2O7S/c1-3-31-24(30)21-12(2)27-25-28(22(21)13-4-5-16-17(6-13)33-10-32-16)23(29)20(36-25)8-14-7-18-19(9-15(14)26)35-11-34-18/h4-9,22H,3,10-11H2,1-2H3/b20-8-/t22-/m1/s1. The van der Waals surface area contributed by atoms with E-state index in [0.717, 1.165) is 10.0 Å². The van der Waals surface area contributed by atoms with Crippen molar-refractivity contribution in [1.82, 2.24) is 4.57 Å². The van der Waals surface area contributed by atoms with Crippen molar-refractivity contribution in [2.75, 3.05) is 20.2 Å². The molecule has 0 saturated carbocycles. The lowest BCUT2D eigenvalue weighted by Crippen LogP contribution is -2.39. The summed E-state index contributed by atoms with van der Waals surface area (Å²) in [7, 11) is 0. The van der Waals surface area contributed by atoms with Crippen LogP contribution in [-0.2, 0) is 9.53 Å². The van der Waals surface area contributed by atoms with Gasteiger partial charge in [0.25, 0.3) is 5.56 Å². The van der Waals surface area contributed by atoms with E-state index in [1.54, 1.807) is 32.1 Å². The van der Waals surface area contributed by atoms with Crippen molar-refractivity contribution in [3.63, 3.8) is 0 Å². The van der Waals surface area contributed by atoms with Crippen LogP contribution in [0.3, 0.4) is 0 Å². The third kappa shape index (κ3) is 3.70. The molecule has 1 aromatic heterocycles. The summed E-state index contributed by atoms with van der Waals surface area (Å²) < 4.78 is 30.0. The van der Waals surface area contributed by atoms with Gasteiger partial charge in [-0.3, -0.25) is 9.36 Å². The molecule has 0 bridgehead atoms. The highest BCUT2D eigenvalue weighted by atomic mass is 79.9. The minimum atomic E-state index is -0.739. The first kappa shape index (κ1) is 22.9. The van der Waals surface area contributed by atoms with E-state index in [1.165, 1.54) is 15.9 Å². The fourth-order valence-corrected chi connectivity index (χ4v) is 5.85. The number of hydrogen-bond donors (Lipinski definition) is 0. The number of ether oxygens (including phenoxy) is 5. The molecule has 6 rings (SSSR count). The van der Waals surface area contributed by atoms with Crippen LogP contribution in [0.25, 0.3) is 6.08 Å². The Labute approximate surface area is 217 Å². The van der Waals surface area contributed by atoms with Gasteiger partial charge < -0.3 is 23.7 Å². The van der Waals surface area contributed by atoms with E-state index in [2.05, 4.69) is 20.9 Å². The fourth-order valence-electron chi connectivity index (χ4n) is 4.37. The topological polar surface area (TPSA) is 97.6 Å². The normalized spacial score (nSPS) is 17.8. The first-order chi connectivity index (χ1) is 17.4. The number of rotatable bonds is 4. The van der Waals surface area contributed by atoms with Crippen molar-refractivity contribution in [3.8, 4) is 23.0 Å². The second kappa shape index (κ2) is 8.82. The number of fused-ring (bicyclic) bond motifs is 3. The summed E-state index contributed by atoms with van der Waals surface area (Å²) in [6, 6.07) is 8.27. The summed E-state index contributed by atoms with van der Waals surface area (Å²) in [5.74, 6) is 1.89. The van der Waals surface area contributed by atoms with Crippen LogP contribution < -0.4 is 33.8 Å². The van der Waals surface area contributed by atoms with Gasteiger partial charge in [0, 0.05) is 4.47 Å². The van der Waals surface area contributed by atoms with Crippen LogP contribution in [0, 0.1) is 0 Å². The molecular formula is C25H19BrN2O7S. The lowest BCUT2D eigenvalue weighted by Gasteiger charge is -2.24. The second-order valence-corrected chi connectivity index (χ2v) is 10.0. The highest BCUT2D eigenvalue weighted by Crippen LogP contribution is 2.39. The van der Waals surface area contributed by atoms with Gasteiger partial charge in [-0.1, -0.05) is 33.3 Å². The lowest BCUT2D eigenvalue weighted by molar-refractivity contribution is -0.139. The van der Waals surface area contributed by atoms with E-state index in [-0.39, 0.29) is 25.8 Å². The van der Waals surface area contributed by atoms with E-state index in [4.69, 9.17) is 23.7 Å². The molecule has 4 heterocycles. The second-order valence-electron chi connectivity index (χ2n) is 8.14. The number of esters is 1. The summed E-state index contributed by atoms with van der Waals surface area (Å²) in [6.07, 6.45) is 1.77. The van der Waals surface area contributed by atoms with Gasteiger partial charge in [-0.15, -0.1) is 0 Å². The maximum absolute atomic E-state index is 13.8. The number of benzene rings is 2. The molecule has 0 saturated heterocycles. The van der Waals surface area contributed by atoms with E-state index in [0.29, 0.717) is 49.2 Å². The molecule has 2 aromatic carbocycles. The van der Waals surface area contributed by atoms with Gasteiger partial charge in [0.2, 0.25) is 13.6 Å². The Hall–Kier alpha value is -3.57. The predicted molar refractivity (Wildman–Crippen MR) is 133 cm³/mol. The number of thiazole rings is 1. The van der Waals surface area contributed by atoms with Gasteiger partial charge in [-0.25, -0.2) is 9.79 Å². The van der Waals surface area contributed by atoms with Gasteiger partial charge in [0.15, 0.2) is 27.8 Å². The molecule has 0 N–H and O–H groups in total. The highest BCUT2D eigenvalue weighted by molar-refractivity contribution is 9.10. The van der Waals surface area contributed by atoms with Crippen LogP contribution in [0.4, 0.5) is 0 Å². The lowest BCUT2D eigenvalue weighted by atomic mass is 9.95. The fraction of sp³-hybridized carbons (Fsp3) is 0.240. The van der Waals surface area contributed by atoms with E-state index in [1.807, 2.05) is 18.2 Å². The Morgan fingerprint density at radius 3 is 2.58 bits per heavy atom. The van der Waals surface area contributed by atoms with Crippen molar-refractivity contribution in [2.45, 2.75) is 19.9 Å². The van der Waals surface area contributed by atoms with E-state index >= 15 is 0 Å². The SMILES string of the molecule is CCOC(=O)C1=C(C)N=c2s/c(=C\c3cc4c(cc3Br)OCO4)c(=O)n2[C@@H]1c1ccc2c(c1)OCO2. The van der Waals surface area contributed by atoms with Crippen LogP contribution in [-0.4, -0.2) is 30.7 Å². The summed E-state index contributed by atoms with van der Waals surface area (Å²) >= 11 is 4.79. The zero-order valence-electron chi connectivity index (χ0n) is 19.2. The number of nitrogens with zero attached hydrogens (tertiary/aromatic N) is 2. The number of hydrogen-bond acceptors (Lipinski definition) is 9. The zero-order chi connectivity index (χ0) is 25.0. The number of aromatic nitrogens is 1. The van der Waals surface area contributed by atoms with E-state index in [9.17, 15) is 9.59 Å². The number of halogens is 1. The van der Waals surface area contributed by atoms with Crippen molar-refractivity contribution >= 4 is 39.3 Å². The molecule has 9 nitrogen and oxygen atoms in total. The van der Waals surface area contributed by atoms with Crippen LogP contribution in [0.2, 0.25) is 0 Å². The van der Waals surface area contributed by atoms with Crippen molar-refractivity contribution < 1.29 is 28.5 Å². The van der Waals surface area contributed by atoms with Gasteiger partial charge in [0.05, 0.1) is 28.5 Å². The molecule has 0 spiro atoms. The van der Waals surface area contributed by atoms with Crippen LogP contribution in [0.1, 0.15) is 31.0 Å². The summed E-state index contributed by atoms with van der Waals surface area (Å²) in [4.78, 5) is 31.9. The predicted octanol–water partition coefficient (Wildman–Crippen LogP) is 3.02. The molecule has 184 valence electrons. The monoisotopic (exact) mass is 570 g/mol. The van der Waals surface area contributed by atoms with Crippen LogP contribution in [0.15, 0.2) is 55.9 Å². The Balaban J connectivity index is 1.54. The van der Waals surface area contributed by atoms with Gasteiger partial charge in [-0.2, -0.15) is 0 Å². The maximum Gasteiger partial charge on any atom is 0.338 e. The largest absolute Gasteiger partial charge is 0.463 e. The molecule has 0 aliphatic carbocycles. The Bertz CT molecular complexity index is 1640. The molecule has 0 fully saturated rings. The quantitative estimate of drug-likeness (QED) is 0.445. The van der Waals surface area contributed by atoms with Gasteiger partial charge in [0.1, 0.15) is 0 Å². The third-order valence-corrected chi connectivity index (χ3v) is 7.68. The third-order valence-electron chi connectivity index (χ3n) is 6.01. The van der Waals surface area contributed by atoms with Gasteiger partial charge >= 0.3 is 5.97 Å². The average molecular weight is 571 g/mol. The van der Waals surface area contributed by atoms with Crippen molar-refractivity contribution in [3.05, 3.63) is 76.9 Å². The Morgan fingerprint density at radius 1 is 1.14 bits per heavy atom. The number of allylic oxidation sites excluding steroid dienone is 1. The molecular weight excluding hydrogens is 552 g/mol. The molecule has 11 heteroatoms. The van der Waals surface area contributed by atoms with Crippen molar-refractivity contribution in [1.29, 1.82) is 0 Å². The molecule has 3 aliphatic rings. The zero-order valence-corrected chi connectivity index (χ0v) is 21.6. The minimum absolute atomic E-state index is 0.117. The summed E-state index contributed by atoms with van der Waals surface area (Å²) in [5, 5.41) is 0. The van der Waals surface area contributed by atoms with Gasteiger partial charge in [-0.05, 0) is 55.3 Å². The average Bonchev–Trinajstić information content (AvgIpc) is 3.57. The smallest absolute Gasteiger partial charge is 0.338 e. The highest BCUT2D eigenvalue weighted by Gasteiger charge is 2.34. The first-order valence-corrected chi connectivity index (χ1v) is 12.7. The summed E-state index contributed by atoms with van der Waals surface area (Å²) in [5.41, 5.74) is 1.96. The number of carbonyl (C=O) groups is 1. The van der Waals surface area contributed by atoms with E-state index < -0.39 is 12.0 Å². The minimum Gasteiger partial charge on any atom is -0.463 e. The molecule has 0 unspecified atom stereocenters. The molecule has 0 amide bonds. The summed E-state index contributed by atoms with van der Waals surface area (Å²) in [6.45, 7) is 3.95. The Kier molecular flexibility index (Phi) is 5.60. The number of carbonyl (C=O) groups excluding carboxylic acids is 1. The maximum atomic E-state index is 13.8. The van der Waals surface area contributed by atoms with Crippen LogP contribution >= 0.6 is 27.3 Å².